The molecule has 0 spiro atoms. The van der Waals surface area contributed by atoms with Crippen molar-refractivity contribution in [1.82, 2.24) is 0 Å². The highest BCUT2D eigenvalue weighted by Gasteiger charge is 2.30. The van der Waals surface area contributed by atoms with Gasteiger partial charge in [-0.1, -0.05) is 23.8 Å². The summed E-state index contributed by atoms with van der Waals surface area (Å²) < 4.78 is 14.1. The maximum atomic E-state index is 14.1. The van der Waals surface area contributed by atoms with Crippen LogP contribution in [0.3, 0.4) is 0 Å². The summed E-state index contributed by atoms with van der Waals surface area (Å²) in [5.41, 5.74) is 2.43. The maximum Gasteiger partial charge on any atom is 0.134 e. The first-order valence-electron chi connectivity index (χ1n) is 6.44. The topological polar surface area (TPSA) is 40.5 Å². The number of hydrogen-bond donors (Lipinski definition) is 2. The highest BCUT2D eigenvalue weighted by Crippen LogP contribution is 2.44. The van der Waals surface area contributed by atoms with Crippen molar-refractivity contribution in [1.29, 1.82) is 0 Å². The van der Waals surface area contributed by atoms with Crippen molar-refractivity contribution in [2.24, 2.45) is 5.92 Å². The molecule has 0 aromatic heterocycles. The molecule has 0 fully saturated rings. The lowest BCUT2D eigenvalue weighted by molar-refractivity contribution is 0.409. The van der Waals surface area contributed by atoms with Crippen LogP contribution in [0.4, 0.5) is 4.39 Å². The third-order valence-corrected chi connectivity index (χ3v) is 3.81. The molecule has 0 aliphatic heterocycles. The molecule has 102 valence electrons. The number of allylic oxidation sites excluding steroid dienone is 3. The smallest absolute Gasteiger partial charge is 0.134 e. The quantitative estimate of drug-likeness (QED) is 0.782. The Hall–Kier alpha value is -1.77. The largest absolute Gasteiger partial charge is 0.508 e. The Kier molecular flexibility index (Phi) is 3.65. The molecule has 3 heteroatoms. The van der Waals surface area contributed by atoms with Crippen LogP contribution < -0.4 is 0 Å². The molecule has 1 aromatic rings. The predicted octanol–water partition coefficient (Wildman–Crippen LogP) is 4.25. The molecule has 1 aliphatic carbocycles. The zero-order valence-corrected chi connectivity index (χ0v) is 11.3. The summed E-state index contributed by atoms with van der Waals surface area (Å²) in [6.07, 6.45) is 3.87. The molecule has 0 saturated heterocycles. The average Bonchev–Trinajstić information content (AvgIpc) is 2.27. The number of rotatable bonds is 2. The predicted molar refractivity (Wildman–Crippen MR) is 73.8 cm³/mol. The average molecular weight is 262 g/mol. The van der Waals surface area contributed by atoms with E-state index in [9.17, 15) is 14.6 Å². The van der Waals surface area contributed by atoms with Crippen molar-refractivity contribution in [3.05, 3.63) is 47.3 Å². The van der Waals surface area contributed by atoms with Crippen LogP contribution in [0.25, 0.3) is 0 Å². The van der Waals surface area contributed by atoms with E-state index in [1.807, 2.05) is 19.9 Å². The van der Waals surface area contributed by atoms with E-state index >= 15 is 0 Å². The number of phenols is 2. The van der Waals surface area contributed by atoms with Crippen LogP contribution in [0.2, 0.25) is 0 Å². The molecule has 0 amide bonds. The molecule has 1 unspecified atom stereocenters. The molecule has 2 N–H and O–H groups in total. The van der Waals surface area contributed by atoms with Crippen molar-refractivity contribution in [3.8, 4) is 11.5 Å². The Balaban J connectivity index is 2.54. The summed E-state index contributed by atoms with van der Waals surface area (Å²) in [6, 6.07) is 2.23. The molecule has 19 heavy (non-hydrogen) atoms. The molecule has 0 heterocycles. The Bertz CT molecular complexity index is 523. The summed E-state index contributed by atoms with van der Waals surface area (Å²) in [5, 5.41) is 19.3. The van der Waals surface area contributed by atoms with Gasteiger partial charge in [0.15, 0.2) is 0 Å². The Morgan fingerprint density at radius 1 is 1.37 bits per heavy atom. The Morgan fingerprint density at radius 3 is 2.63 bits per heavy atom. The lowest BCUT2D eigenvalue weighted by Crippen LogP contribution is -2.18. The molecule has 2 atom stereocenters. The zero-order valence-electron chi connectivity index (χ0n) is 11.3. The Labute approximate surface area is 112 Å². The van der Waals surface area contributed by atoms with Gasteiger partial charge in [-0.15, -0.1) is 0 Å². The second-order valence-electron chi connectivity index (χ2n) is 5.39. The number of phenolic OH excluding ortho intramolecular Hbond substituents is 2. The van der Waals surface area contributed by atoms with Gasteiger partial charge in [0.1, 0.15) is 17.3 Å². The van der Waals surface area contributed by atoms with Crippen molar-refractivity contribution in [2.45, 2.75) is 32.6 Å². The van der Waals surface area contributed by atoms with Gasteiger partial charge >= 0.3 is 0 Å². The number of halogens is 1. The molecule has 0 radical (unpaired) electrons. The molecular formula is C16H19FO2. The normalized spacial score (nSPS) is 23.0. The van der Waals surface area contributed by atoms with Crippen LogP contribution in [-0.2, 0) is 0 Å². The zero-order chi connectivity index (χ0) is 14.2. The van der Waals surface area contributed by atoms with Gasteiger partial charge in [0, 0.05) is 23.6 Å². The first-order chi connectivity index (χ1) is 8.90. The molecule has 0 bridgehead atoms. The van der Waals surface area contributed by atoms with Crippen LogP contribution in [0.1, 0.15) is 38.2 Å². The van der Waals surface area contributed by atoms with Crippen molar-refractivity contribution >= 4 is 0 Å². The molecule has 1 aromatic carbocycles. The van der Waals surface area contributed by atoms with Gasteiger partial charge in [0.05, 0.1) is 0 Å². The second kappa shape index (κ2) is 5.08. The van der Waals surface area contributed by atoms with Crippen LogP contribution in [0.5, 0.6) is 11.5 Å². The summed E-state index contributed by atoms with van der Waals surface area (Å²) >= 11 is 0. The standard InChI is InChI=1S/C16H19FO2/c1-9(2)12-5-4-10(3)6-13(12)16-14(17)7-11(18)8-15(16)19/h6-8,12-13,18-19H,1,4-5H2,2-3H3/t12-,13?/m0/s1. The SMILES string of the molecule is C=C(C)[C@@H]1CCC(C)=CC1c1c(O)cc(O)cc1F. The number of aromatic hydroxyl groups is 2. The van der Waals surface area contributed by atoms with Crippen LogP contribution >= 0.6 is 0 Å². The van der Waals surface area contributed by atoms with E-state index in [2.05, 4.69) is 6.58 Å². The molecule has 2 nitrogen and oxygen atoms in total. The number of benzene rings is 1. The highest BCUT2D eigenvalue weighted by molar-refractivity contribution is 5.45. The third-order valence-electron chi connectivity index (χ3n) is 3.81. The van der Waals surface area contributed by atoms with Gasteiger partial charge in [0.2, 0.25) is 0 Å². The lowest BCUT2D eigenvalue weighted by atomic mass is 9.74. The van der Waals surface area contributed by atoms with Crippen LogP contribution in [0.15, 0.2) is 35.9 Å². The molecule has 1 aliphatic rings. The fourth-order valence-corrected chi connectivity index (χ4v) is 2.83. The summed E-state index contributed by atoms with van der Waals surface area (Å²) in [6.45, 7) is 7.92. The Morgan fingerprint density at radius 2 is 2.05 bits per heavy atom. The monoisotopic (exact) mass is 262 g/mol. The minimum absolute atomic E-state index is 0.119. The summed E-state index contributed by atoms with van der Waals surface area (Å²) in [7, 11) is 0. The van der Waals surface area contributed by atoms with Gasteiger partial charge in [-0.2, -0.15) is 0 Å². The van der Waals surface area contributed by atoms with E-state index < -0.39 is 5.82 Å². The van der Waals surface area contributed by atoms with E-state index in [1.165, 1.54) is 11.6 Å². The molecular weight excluding hydrogens is 243 g/mol. The lowest BCUT2D eigenvalue weighted by Gasteiger charge is -2.31. The number of hydrogen-bond acceptors (Lipinski definition) is 2. The molecule has 2 rings (SSSR count). The van der Waals surface area contributed by atoms with Gasteiger partial charge in [-0.05, 0) is 32.6 Å². The first-order valence-corrected chi connectivity index (χ1v) is 6.44. The van der Waals surface area contributed by atoms with E-state index in [0.717, 1.165) is 24.5 Å². The van der Waals surface area contributed by atoms with Crippen molar-refractivity contribution in [2.75, 3.05) is 0 Å². The third kappa shape index (κ3) is 2.65. The van der Waals surface area contributed by atoms with Gasteiger partial charge < -0.3 is 10.2 Å². The summed E-state index contributed by atoms with van der Waals surface area (Å²) in [4.78, 5) is 0. The van der Waals surface area contributed by atoms with E-state index in [-0.39, 0.29) is 28.9 Å². The molecule has 0 saturated carbocycles. The van der Waals surface area contributed by atoms with E-state index in [0.29, 0.717) is 0 Å². The van der Waals surface area contributed by atoms with Gasteiger partial charge in [-0.25, -0.2) is 4.39 Å². The van der Waals surface area contributed by atoms with Crippen molar-refractivity contribution < 1.29 is 14.6 Å². The van der Waals surface area contributed by atoms with Gasteiger partial charge in [-0.3, -0.25) is 0 Å². The highest BCUT2D eigenvalue weighted by atomic mass is 19.1. The van der Waals surface area contributed by atoms with Gasteiger partial charge in [0.25, 0.3) is 0 Å². The maximum absolute atomic E-state index is 14.1. The van der Waals surface area contributed by atoms with E-state index in [4.69, 9.17) is 0 Å². The fourth-order valence-electron chi connectivity index (χ4n) is 2.83. The summed E-state index contributed by atoms with van der Waals surface area (Å²) in [5.74, 6) is -1.12. The minimum atomic E-state index is -0.570. The second-order valence-corrected chi connectivity index (χ2v) is 5.39. The van der Waals surface area contributed by atoms with Crippen LogP contribution in [-0.4, -0.2) is 10.2 Å². The van der Waals surface area contributed by atoms with Crippen molar-refractivity contribution in [3.63, 3.8) is 0 Å². The first kappa shape index (κ1) is 13.7. The van der Waals surface area contributed by atoms with E-state index in [1.54, 1.807) is 0 Å². The minimum Gasteiger partial charge on any atom is -0.508 e. The fraction of sp³-hybridized carbons (Fsp3) is 0.375. The van der Waals surface area contributed by atoms with Crippen LogP contribution in [0, 0.1) is 11.7 Å².